The molecule has 0 saturated heterocycles. The van der Waals surface area contributed by atoms with Gasteiger partial charge in [-0.15, -0.1) is 0 Å². The number of nitrogens with one attached hydrogen (secondary N) is 1. The summed E-state index contributed by atoms with van der Waals surface area (Å²) in [6.45, 7) is 0.644. The Morgan fingerprint density at radius 1 is 1.27 bits per heavy atom. The molecular formula is C19H16N2O4S. The number of nitriles is 1. The van der Waals surface area contributed by atoms with Gasteiger partial charge >= 0.3 is 0 Å². The molecule has 0 bridgehead atoms. The van der Waals surface area contributed by atoms with Crippen molar-refractivity contribution in [2.45, 2.75) is 12.2 Å². The molecule has 3 rings (SSSR count). The van der Waals surface area contributed by atoms with Crippen molar-refractivity contribution in [3.05, 3.63) is 70.8 Å². The number of hydrogen-bond acceptors (Lipinski definition) is 5. The first-order valence-corrected chi connectivity index (χ1v) is 9.58. The van der Waals surface area contributed by atoms with E-state index in [1.54, 1.807) is 30.3 Å². The van der Waals surface area contributed by atoms with Crippen molar-refractivity contribution in [2.24, 2.45) is 0 Å². The van der Waals surface area contributed by atoms with Crippen molar-refractivity contribution in [1.82, 2.24) is 4.72 Å². The molecule has 0 radical (unpaired) electrons. The van der Waals surface area contributed by atoms with E-state index in [0.29, 0.717) is 12.2 Å². The quantitative estimate of drug-likeness (QED) is 0.816. The summed E-state index contributed by atoms with van der Waals surface area (Å²) in [4.78, 5) is 11.9. The summed E-state index contributed by atoms with van der Waals surface area (Å²) in [6.07, 6.45) is 3.54. The highest BCUT2D eigenvalue weighted by Crippen LogP contribution is 2.26. The molecule has 1 aliphatic rings. The van der Waals surface area contributed by atoms with Gasteiger partial charge in [0.15, 0.2) is 0 Å². The molecule has 0 aromatic heterocycles. The molecule has 132 valence electrons. The number of carbonyl (C=O) groups excluding carboxylic acids is 1. The molecular weight excluding hydrogens is 352 g/mol. The molecule has 0 unspecified atom stereocenters. The summed E-state index contributed by atoms with van der Waals surface area (Å²) >= 11 is 0. The Bertz CT molecular complexity index is 1020. The summed E-state index contributed by atoms with van der Waals surface area (Å²) in [6, 6.07) is 13.8. The van der Waals surface area contributed by atoms with Crippen LogP contribution in [0.25, 0.3) is 6.08 Å². The first-order chi connectivity index (χ1) is 12.5. The van der Waals surface area contributed by atoms with E-state index >= 15 is 0 Å². The average Bonchev–Trinajstić information content (AvgIpc) is 3.07. The van der Waals surface area contributed by atoms with E-state index < -0.39 is 21.7 Å². The Morgan fingerprint density at radius 2 is 2.08 bits per heavy atom. The van der Waals surface area contributed by atoms with Crippen LogP contribution in [0.1, 0.15) is 22.3 Å². The standard InChI is InChI=1S/C19H16N2O4S/c20-12-16-3-1-2-4-17(16)13-26(23,24)21-19(22)8-6-14-5-7-18-15(11-14)9-10-25-18/h1-8,11H,9-10,13H2,(H,21,22). The molecule has 7 heteroatoms. The number of hydrogen-bond donors (Lipinski definition) is 1. The Hall–Kier alpha value is -3.11. The summed E-state index contributed by atoms with van der Waals surface area (Å²) in [5.41, 5.74) is 2.46. The number of nitrogens with zero attached hydrogens (tertiary/aromatic N) is 1. The fraction of sp³-hybridized carbons (Fsp3) is 0.158. The topological polar surface area (TPSA) is 96.3 Å². The molecule has 1 aliphatic heterocycles. The molecule has 0 atom stereocenters. The minimum Gasteiger partial charge on any atom is -0.493 e. The SMILES string of the molecule is N#Cc1ccccc1CS(=O)(=O)NC(=O)C=Cc1ccc2c(c1)CCO2. The largest absolute Gasteiger partial charge is 0.493 e. The monoisotopic (exact) mass is 368 g/mol. The van der Waals surface area contributed by atoms with Gasteiger partial charge in [-0.2, -0.15) is 5.26 Å². The maximum Gasteiger partial charge on any atom is 0.257 e. The lowest BCUT2D eigenvalue weighted by molar-refractivity contribution is -0.114. The van der Waals surface area contributed by atoms with Crippen molar-refractivity contribution in [1.29, 1.82) is 5.26 Å². The summed E-state index contributed by atoms with van der Waals surface area (Å²) in [5, 5.41) is 9.02. The van der Waals surface area contributed by atoms with Crippen LogP contribution >= 0.6 is 0 Å². The lowest BCUT2D eigenvalue weighted by atomic mass is 10.1. The molecule has 2 aromatic rings. The van der Waals surface area contributed by atoms with E-state index in [1.165, 1.54) is 12.1 Å². The van der Waals surface area contributed by atoms with Crippen molar-refractivity contribution in [3.63, 3.8) is 0 Å². The maximum absolute atomic E-state index is 12.2. The third kappa shape index (κ3) is 4.29. The Balaban J connectivity index is 1.66. The van der Waals surface area contributed by atoms with Gasteiger partial charge in [-0.3, -0.25) is 4.79 Å². The van der Waals surface area contributed by atoms with Gasteiger partial charge in [0.1, 0.15) is 5.75 Å². The van der Waals surface area contributed by atoms with Crippen LogP contribution in [0.2, 0.25) is 0 Å². The summed E-state index contributed by atoms with van der Waals surface area (Å²) in [5.74, 6) is -0.339. The second-order valence-electron chi connectivity index (χ2n) is 5.79. The van der Waals surface area contributed by atoms with Crippen molar-refractivity contribution in [2.75, 3.05) is 6.61 Å². The van der Waals surface area contributed by atoms with Gasteiger partial charge in [-0.05, 0) is 41.0 Å². The van der Waals surface area contributed by atoms with Crippen LogP contribution in [-0.4, -0.2) is 20.9 Å². The first-order valence-electron chi connectivity index (χ1n) is 7.93. The van der Waals surface area contributed by atoms with E-state index in [-0.39, 0.29) is 5.56 Å². The Morgan fingerprint density at radius 3 is 2.88 bits per heavy atom. The van der Waals surface area contributed by atoms with Crippen molar-refractivity contribution >= 4 is 22.0 Å². The number of amides is 1. The second kappa shape index (κ2) is 7.42. The zero-order valence-electron chi connectivity index (χ0n) is 13.8. The fourth-order valence-electron chi connectivity index (χ4n) is 2.67. The van der Waals surface area contributed by atoms with Crippen LogP contribution < -0.4 is 9.46 Å². The number of rotatable bonds is 5. The molecule has 0 aliphatic carbocycles. The van der Waals surface area contributed by atoms with Crippen molar-refractivity contribution in [3.8, 4) is 11.8 Å². The lowest BCUT2D eigenvalue weighted by Crippen LogP contribution is -2.30. The average molecular weight is 368 g/mol. The normalized spacial score (nSPS) is 13.0. The molecule has 0 fully saturated rings. The van der Waals surface area contributed by atoms with Crippen LogP contribution in [0, 0.1) is 11.3 Å². The van der Waals surface area contributed by atoms with Crippen LogP contribution in [0.15, 0.2) is 48.5 Å². The predicted molar refractivity (Wildman–Crippen MR) is 96.6 cm³/mol. The molecule has 26 heavy (non-hydrogen) atoms. The zero-order valence-corrected chi connectivity index (χ0v) is 14.6. The van der Waals surface area contributed by atoms with Gasteiger partial charge < -0.3 is 4.74 Å². The number of benzene rings is 2. The maximum atomic E-state index is 12.2. The molecule has 1 N–H and O–H groups in total. The van der Waals surface area contributed by atoms with Gasteiger partial charge in [-0.25, -0.2) is 13.1 Å². The predicted octanol–water partition coefficient (Wildman–Crippen LogP) is 2.15. The van der Waals surface area contributed by atoms with Crippen molar-refractivity contribution < 1.29 is 17.9 Å². The third-order valence-electron chi connectivity index (χ3n) is 3.88. The van der Waals surface area contributed by atoms with Crippen LogP contribution in [-0.2, 0) is 27.0 Å². The first kappa shape index (κ1) is 17.7. The number of sulfonamides is 1. The zero-order chi connectivity index (χ0) is 18.6. The number of carbonyl (C=O) groups is 1. The third-order valence-corrected chi connectivity index (χ3v) is 5.08. The summed E-state index contributed by atoms with van der Waals surface area (Å²) < 4.78 is 31.7. The molecule has 0 spiro atoms. The molecule has 6 nitrogen and oxygen atoms in total. The van der Waals surface area contributed by atoms with E-state index in [9.17, 15) is 13.2 Å². The highest BCUT2D eigenvalue weighted by atomic mass is 32.2. The Labute approximate surface area is 151 Å². The van der Waals surface area contributed by atoms with Crippen LogP contribution in [0.4, 0.5) is 0 Å². The van der Waals surface area contributed by atoms with E-state index in [1.807, 2.05) is 22.9 Å². The highest BCUT2D eigenvalue weighted by Gasteiger charge is 2.16. The number of ether oxygens (including phenoxy) is 1. The summed E-state index contributed by atoms with van der Waals surface area (Å²) in [7, 11) is -3.90. The van der Waals surface area contributed by atoms with E-state index in [4.69, 9.17) is 10.00 Å². The minimum atomic E-state index is -3.90. The Kier molecular flexibility index (Phi) is 5.05. The fourth-order valence-corrected chi connectivity index (χ4v) is 3.77. The van der Waals surface area contributed by atoms with E-state index in [0.717, 1.165) is 23.3 Å². The van der Waals surface area contributed by atoms with Gasteiger partial charge in [0.2, 0.25) is 10.0 Å². The van der Waals surface area contributed by atoms with Gasteiger partial charge in [-0.1, -0.05) is 24.3 Å². The smallest absolute Gasteiger partial charge is 0.257 e. The second-order valence-corrected chi connectivity index (χ2v) is 7.52. The van der Waals surface area contributed by atoms with Crippen LogP contribution in [0.5, 0.6) is 5.75 Å². The van der Waals surface area contributed by atoms with Gasteiger partial charge in [0, 0.05) is 12.5 Å². The lowest BCUT2D eigenvalue weighted by Gasteiger charge is -2.06. The van der Waals surface area contributed by atoms with Gasteiger partial charge in [0.25, 0.3) is 5.91 Å². The molecule has 2 aromatic carbocycles. The highest BCUT2D eigenvalue weighted by molar-refractivity contribution is 7.89. The van der Waals surface area contributed by atoms with Crippen LogP contribution in [0.3, 0.4) is 0 Å². The molecule has 1 amide bonds. The number of fused-ring (bicyclic) bond motifs is 1. The minimum absolute atomic E-state index is 0.265. The van der Waals surface area contributed by atoms with E-state index in [2.05, 4.69) is 0 Å². The molecule has 1 heterocycles. The molecule has 0 saturated carbocycles. The van der Waals surface area contributed by atoms with Gasteiger partial charge in [0.05, 0.1) is 24.0 Å².